The largest absolute Gasteiger partial charge is 0.273 e. The van der Waals surface area contributed by atoms with Gasteiger partial charge in [-0.05, 0) is 0 Å². The van der Waals surface area contributed by atoms with E-state index in [1.165, 1.54) is 12.8 Å². The van der Waals surface area contributed by atoms with E-state index in [1.54, 1.807) is 0 Å². The number of halogens is 2. The summed E-state index contributed by atoms with van der Waals surface area (Å²) in [6, 6.07) is 0. The van der Waals surface area contributed by atoms with Gasteiger partial charge in [-0.15, -0.1) is 29.6 Å². The molecule has 10 heavy (non-hydrogen) atoms. The maximum Gasteiger partial charge on any atom is 0.0108 e. The van der Waals surface area contributed by atoms with Crippen molar-refractivity contribution in [1.82, 2.24) is 0 Å². The number of allylic oxidation sites excluding steroid dienone is 4. The first-order chi connectivity index (χ1) is 4.50. The number of alkyl halides is 2. The van der Waals surface area contributed by atoms with Crippen molar-refractivity contribution in [3.05, 3.63) is 24.3 Å². The summed E-state index contributed by atoms with van der Waals surface area (Å²) >= 11 is 9.28. The zero-order chi connectivity index (χ0) is 7.54. The van der Waals surface area contributed by atoms with Crippen LogP contribution >= 0.6 is 23.2 Å². The van der Waals surface area contributed by atoms with Crippen LogP contribution in [-0.2, 0) is 18.6 Å². The SMILES string of the molecule is CCl.CCl.[C-]1=CC=CC1.[V]. The van der Waals surface area contributed by atoms with Gasteiger partial charge in [0.05, 0.1) is 0 Å². The monoisotopic (exact) mass is 216 g/mol. The molecule has 0 aromatic rings. The Bertz CT molecular complexity index is 69.7. The maximum absolute atomic E-state index is 4.64. The van der Waals surface area contributed by atoms with Crippen molar-refractivity contribution in [1.29, 1.82) is 0 Å². The molecule has 0 unspecified atom stereocenters. The van der Waals surface area contributed by atoms with Crippen LogP contribution < -0.4 is 0 Å². The van der Waals surface area contributed by atoms with E-state index in [0.717, 1.165) is 6.42 Å². The van der Waals surface area contributed by atoms with Crippen molar-refractivity contribution in [3.8, 4) is 0 Å². The van der Waals surface area contributed by atoms with Crippen LogP contribution in [0.5, 0.6) is 0 Å². The topological polar surface area (TPSA) is 0 Å². The van der Waals surface area contributed by atoms with Crippen LogP contribution in [0.15, 0.2) is 18.2 Å². The van der Waals surface area contributed by atoms with Gasteiger partial charge in [0, 0.05) is 31.3 Å². The first-order valence-electron chi connectivity index (χ1n) is 2.47. The van der Waals surface area contributed by atoms with E-state index in [9.17, 15) is 0 Å². The Morgan fingerprint density at radius 3 is 1.80 bits per heavy atom. The van der Waals surface area contributed by atoms with Gasteiger partial charge >= 0.3 is 0 Å². The fourth-order valence-corrected chi connectivity index (χ4v) is 0.340. The molecule has 1 aliphatic rings. The summed E-state index contributed by atoms with van der Waals surface area (Å²) < 4.78 is 0. The second-order valence-electron chi connectivity index (χ2n) is 1.00. The summed E-state index contributed by atoms with van der Waals surface area (Å²) in [5, 5.41) is 0. The molecule has 0 fully saturated rings. The van der Waals surface area contributed by atoms with Crippen molar-refractivity contribution >= 4 is 23.2 Å². The van der Waals surface area contributed by atoms with E-state index in [2.05, 4.69) is 35.4 Å². The Labute approximate surface area is 85.2 Å². The summed E-state index contributed by atoms with van der Waals surface area (Å²) in [4.78, 5) is 0. The van der Waals surface area contributed by atoms with Gasteiger partial charge in [-0.2, -0.15) is 6.08 Å². The standard InChI is InChI=1S/C5H5.2CH3Cl.V/c1-2-4-5-3-1;2*1-2;/h1-3H,4H2;2*1H3;/q-1;;;. The van der Waals surface area contributed by atoms with Gasteiger partial charge < -0.3 is 0 Å². The minimum absolute atomic E-state index is 0. The molecule has 0 saturated carbocycles. The van der Waals surface area contributed by atoms with Gasteiger partial charge in [-0.1, -0.05) is 0 Å². The van der Waals surface area contributed by atoms with Crippen LogP contribution in [0.4, 0.5) is 0 Å². The number of rotatable bonds is 0. The van der Waals surface area contributed by atoms with E-state index >= 15 is 0 Å². The molecule has 1 rings (SSSR count). The molecule has 1 radical (unpaired) electrons. The Hall–Kier alpha value is 0.644. The predicted octanol–water partition coefficient (Wildman–Crippen LogP) is 3.01. The molecule has 1 aliphatic carbocycles. The third-order valence-electron chi connectivity index (χ3n) is 0.586. The van der Waals surface area contributed by atoms with Crippen LogP contribution in [-0.4, -0.2) is 12.8 Å². The van der Waals surface area contributed by atoms with E-state index in [1.807, 2.05) is 12.2 Å². The number of hydrogen-bond acceptors (Lipinski definition) is 0. The molecule has 0 bridgehead atoms. The first-order valence-corrected chi connectivity index (χ1v) is 3.98. The normalized spacial score (nSPS) is 10.0. The summed E-state index contributed by atoms with van der Waals surface area (Å²) in [5.74, 6) is 0. The van der Waals surface area contributed by atoms with Gasteiger partial charge in [0.2, 0.25) is 0 Å². The van der Waals surface area contributed by atoms with Gasteiger partial charge in [0.15, 0.2) is 0 Å². The smallest absolute Gasteiger partial charge is 0.0108 e. The van der Waals surface area contributed by atoms with Gasteiger partial charge in [0.1, 0.15) is 0 Å². The molecule has 59 valence electrons. The molecule has 0 amide bonds. The van der Waals surface area contributed by atoms with Crippen molar-refractivity contribution < 1.29 is 18.6 Å². The number of hydrogen-bond donors (Lipinski definition) is 0. The second kappa shape index (κ2) is 22.6. The molecule has 3 heteroatoms. The molecule has 0 aromatic heterocycles. The average molecular weight is 217 g/mol. The molecule has 0 spiro atoms. The van der Waals surface area contributed by atoms with Crippen LogP contribution in [0.2, 0.25) is 0 Å². The van der Waals surface area contributed by atoms with Crippen LogP contribution in [0, 0.1) is 6.08 Å². The fourth-order valence-electron chi connectivity index (χ4n) is 0.340. The van der Waals surface area contributed by atoms with E-state index in [0.29, 0.717) is 0 Å². The molecule has 0 N–H and O–H groups in total. The zero-order valence-corrected chi connectivity index (χ0v) is 9.05. The summed E-state index contributed by atoms with van der Waals surface area (Å²) in [7, 11) is 0. The maximum atomic E-state index is 4.64. The summed E-state index contributed by atoms with van der Waals surface area (Å²) in [6.07, 6.45) is 12.9. The third kappa shape index (κ3) is 15.9. The van der Waals surface area contributed by atoms with Crippen LogP contribution in [0.25, 0.3) is 0 Å². The molecule has 0 saturated heterocycles. The van der Waals surface area contributed by atoms with Gasteiger partial charge in [-0.3, -0.25) is 6.08 Å². The van der Waals surface area contributed by atoms with Crippen molar-refractivity contribution in [2.24, 2.45) is 0 Å². The summed E-state index contributed by atoms with van der Waals surface area (Å²) in [5.41, 5.74) is 0. The minimum Gasteiger partial charge on any atom is -0.273 e. The van der Waals surface area contributed by atoms with Crippen LogP contribution in [0.3, 0.4) is 0 Å². The molecular formula is C7H11Cl2V-. The first kappa shape index (κ1) is 16.9. The van der Waals surface area contributed by atoms with E-state index in [4.69, 9.17) is 0 Å². The fraction of sp³-hybridized carbons (Fsp3) is 0.429. The van der Waals surface area contributed by atoms with Crippen molar-refractivity contribution in [2.45, 2.75) is 6.42 Å². The summed E-state index contributed by atoms with van der Waals surface area (Å²) in [6.45, 7) is 0. The van der Waals surface area contributed by atoms with Crippen molar-refractivity contribution in [3.63, 3.8) is 0 Å². The quantitative estimate of drug-likeness (QED) is 0.432. The molecular weight excluding hydrogens is 206 g/mol. The van der Waals surface area contributed by atoms with Crippen LogP contribution in [0.1, 0.15) is 6.42 Å². The van der Waals surface area contributed by atoms with E-state index in [-0.39, 0.29) is 18.6 Å². The zero-order valence-electron chi connectivity index (χ0n) is 6.14. The second-order valence-corrected chi connectivity index (χ2v) is 1.00. The Kier molecular flexibility index (Phi) is 38.3. The average Bonchev–Trinajstić information content (AvgIpc) is 2.51. The molecule has 0 nitrogen and oxygen atoms in total. The third-order valence-corrected chi connectivity index (χ3v) is 0.586. The Balaban J connectivity index is -0.0000000875. The molecule has 0 atom stereocenters. The Morgan fingerprint density at radius 1 is 1.20 bits per heavy atom. The minimum atomic E-state index is 0. The molecule has 0 heterocycles. The van der Waals surface area contributed by atoms with E-state index < -0.39 is 0 Å². The predicted molar refractivity (Wildman–Crippen MR) is 45.1 cm³/mol. The molecule has 0 aromatic carbocycles. The Morgan fingerprint density at radius 2 is 1.70 bits per heavy atom. The molecule has 0 aliphatic heterocycles. The van der Waals surface area contributed by atoms with Gasteiger partial charge in [-0.25, -0.2) is 12.2 Å². The van der Waals surface area contributed by atoms with Gasteiger partial charge in [0.25, 0.3) is 0 Å². The van der Waals surface area contributed by atoms with Crippen molar-refractivity contribution in [2.75, 3.05) is 12.8 Å².